The molecule has 0 unspecified atom stereocenters. The van der Waals surface area contributed by atoms with Gasteiger partial charge in [0.1, 0.15) is 6.33 Å². The third-order valence-corrected chi connectivity index (χ3v) is 4.62. The SMILES string of the molecule is CC(C)(O)c1ccc(-c2ncn3c2c(COCCN)nc2[nH]ccc23)cc1. The molecule has 1 aromatic carbocycles. The summed E-state index contributed by atoms with van der Waals surface area (Å²) in [6.07, 6.45) is 3.66. The predicted molar refractivity (Wildman–Crippen MR) is 104 cm³/mol. The molecule has 0 saturated carbocycles. The number of hydrogen-bond donors (Lipinski definition) is 3. The Hall–Kier alpha value is -2.74. The zero-order valence-electron chi connectivity index (χ0n) is 15.4. The van der Waals surface area contributed by atoms with Gasteiger partial charge < -0.3 is 20.6 Å². The smallest absolute Gasteiger partial charge is 0.154 e. The predicted octanol–water partition coefficient (Wildman–Crippen LogP) is 2.58. The quantitative estimate of drug-likeness (QED) is 0.456. The van der Waals surface area contributed by atoms with Crippen molar-refractivity contribution in [3.8, 4) is 11.3 Å². The van der Waals surface area contributed by atoms with E-state index in [0.29, 0.717) is 19.8 Å². The molecule has 0 aliphatic heterocycles. The van der Waals surface area contributed by atoms with E-state index in [0.717, 1.165) is 39.2 Å². The summed E-state index contributed by atoms with van der Waals surface area (Å²) in [6, 6.07) is 9.77. The summed E-state index contributed by atoms with van der Waals surface area (Å²) in [4.78, 5) is 12.5. The number of aromatic nitrogens is 4. The molecule has 4 rings (SSSR count). The minimum Gasteiger partial charge on any atom is -0.386 e. The van der Waals surface area contributed by atoms with Crippen molar-refractivity contribution in [1.29, 1.82) is 0 Å². The maximum absolute atomic E-state index is 10.2. The number of aliphatic hydroxyl groups is 1. The van der Waals surface area contributed by atoms with Crippen molar-refractivity contribution >= 4 is 16.7 Å². The van der Waals surface area contributed by atoms with Gasteiger partial charge in [-0.2, -0.15) is 0 Å². The zero-order chi connectivity index (χ0) is 19.0. The van der Waals surface area contributed by atoms with Crippen molar-refractivity contribution in [3.05, 3.63) is 54.1 Å². The highest BCUT2D eigenvalue weighted by Gasteiger charge is 2.19. The summed E-state index contributed by atoms with van der Waals surface area (Å²) >= 11 is 0. The number of benzene rings is 1. The Balaban J connectivity index is 1.85. The molecule has 7 heteroatoms. The zero-order valence-corrected chi connectivity index (χ0v) is 15.4. The molecule has 3 heterocycles. The van der Waals surface area contributed by atoms with Gasteiger partial charge in [0.15, 0.2) is 5.65 Å². The molecule has 27 heavy (non-hydrogen) atoms. The van der Waals surface area contributed by atoms with E-state index in [9.17, 15) is 5.11 Å². The van der Waals surface area contributed by atoms with Crippen LogP contribution in [0.25, 0.3) is 27.9 Å². The first-order valence-electron chi connectivity index (χ1n) is 8.93. The number of fused-ring (bicyclic) bond motifs is 3. The van der Waals surface area contributed by atoms with Crippen LogP contribution in [0, 0.1) is 0 Å². The van der Waals surface area contributed by atoms with E-state index in [1.54, 1.807) is 20.2 Å². The number of imidazole rings is 1. The molecule has 0 radical (unpaired) electrons. The molecule has 0 fully saturated rings. The van der Waals surface area contributed by atoms with Gasteiger partial charge >= 0.3 is 0 Å². The molecule has 0 saturated heterocycles. The first-order valence-corrected chi connectivity index (χ1v) is 8.93. The number of H-pyrrole nitrogens is 1. The monoisotopic (exact) mass is 365 g/mol. The van der Waals surface area contributed by atoms with Crippen LogP contribution in [0.5, 0.6) is 0 Å². The summed E-state index contributed by atoms with van der Waals surface area (Å²) in [6.45, 7) is 4.84. The van der Waals surface area contributed by atoms with Crippen molar-refractivity contribution in [3.63, 3.8) is 0 Å². The van der Waals surface area contributed by atoms with E-state index < -0.39 is 5.60 Å². The van der Waals surface area contributed by atoms with Crippen molar-refractivity contribution in [2.24, 2.45) is 5.73 Å². The fourth-order valence-corrected chi connectivity index (χ4v) is 3.23. The molecule has 0 aliphatic rings. The van der Waals surface area contributed by atoms with Crippen LogP contribution in [0.15, 0.2) is 42.9 Å². The Morgan fingerprint density at radius 3 is 2.70 bits per heavy atom. The Morgan fingerprint density at radius 2 is 2.00 bits per heavy atom. The van der Waals surface area contributed by atoms with Gasteiger partial charge in [-0.05, 0) is 25.5 Å². The van der Waals surface area contributed by atoms with Gasteiger partial charge in [0.25, 0.3) is 0 Å². The molecule has 3 aromatic heterocycles. The minimum atomic E-state index is -0.880. The summed E-state index contributed by atoms with van der Waals surface area (Å²) in [5.74, 6) is 0. The fourth-order valence-electron chi connectivity index (χ4n) is 3.23. The second-order valence-corrected chi connectivity index (χ2v) is 7.06. The maximum Gasteiger partial charge on any atom is 0.154 e. The molecular weight excluding hydrogens is 342 g/mol. The van der Waals surface area contributed by atoms with E-state index in [1.807, 2.05) is 40.9 Å². The lowest BCUT2D eigenvalue weighted by molar-refractivity contribution is 0.0786. The molecule has 140 valence electrons. The Kier molecular flexibility index (Phi) is 4.43. The highest BCUT2D eigenvalue weighted by molar-refractivity contribution is 5.85. The van der Waals surface area contributed by atoms with Gasteiger partial charge in [0.05, 0.1) is 41.2 Å². The number of nitrogens with zero attached hydrogens (tertiary/aromatic N) is 3. The number of ether oxygens (including phenoxy) is 1. The van der Waals surface area contributed by atoms with Crippen LogP contribution in [-0.2, 0) is 16.9 Å². The highest BCUT2D eigenvalue weighted by atomic mass is 16.5. The molecule has 4 N–H and O–H groups in total. The number of aromatic amines is 1. The van der Waals surface area contributed by atoms with E-state index in [4.69, 9.17) is 15.5 Å². The van der Waals surface area contributed by atoms with Gasteiger partial charge in [-0.25, -0.2) is 9.97 Å². The fraction of sp³-hybridized carbons (Fsp3) is 0.300. The van der Waals surface area contributed by atoms with Gasteiger partial charge in [0, 0.05) is 18.3 Å². The van der Waals surface area contributed by atoms with E-state index >= 15 is 0 Å². The largest absolute Gasteiger partial charge is 0.386 e. The van der Waals surface area contributed by atoms with Crippen molar-refractivity contribution in [2.75, 3.05) is 13.2 Å². The molecule has 0 atom stereocenters. The summed E-state index contributed by atoms with van der Waals surface area (Å²) in [5.41, 5.74) is 10.8. The lowest BCUT2D eigenvalue weighted by atomic mass is 9.96. The molecule has 0 spiro atoms. The van der Waals surface area contributed by atoms with Crippen LogP contribution in [-0.4, -0.2) is 37.6 Å². The van der Waals surface area contributed by atoms with Gasteiger partial charge in [-0.3, -0.25) is 4.40 Å². The van der Waals surface area contributed by atoms with E-state index in [1.165, 1.54) is 0 Å². The molecular formula is C20H23N5O2. The second kappa shape index (κ2) is 6.77. The van der Waals surface area contributed by atoms with Gasteiger partial charge in [-0.1, -0.05) is 24.3 Å². The Morgan fingerprint density at radius 1 is 1.22 bits per heavy atom. The third kappa shape index (κ3) is 3.21. The van der Waals surface area contributed by atoms with Crippen molar-refractivity contribution in [1.82, 2.24) is 19.4 Å². The Bertz CT molecular complexity index is 1070. The van der Waals surface area contributed by atoms with Crippen molar-refractivity contribution < 1.29 is 9.84 Å². The molecule has 4 aromatic rings. The molecule has 0 amide bonds. The average molecular weight is 365 g/mol. The number of hydrogen-bond acceptors (Lipinski definition) is 5. The number of rotatable bonds is 6. The first-order chi connectivity index (χ1) is 13.0. The van der Waals surface area contributed by atoms with Crippen LogP contribution in [0.1, 0.15) is 25.1 Å². The van der Waals surface area contributed by atoms with Crippen LogP contribution in [0.3, 0.4) is 0 Å². The standard InChI is InChI=1S/C20H23N5O2/c1-20(2,26)14-5-3-13(4-6-14)17-18-15(11-27-10-8-21)24-19-16(7-9-22-19)25(18)12-23-17/h3-7,9,12,22,26H,8,10-11,21H2,1-2H3. The molecule has 0 aliphatic carbocycles. The van der Waals surface area contributed by atoms with E-state index in [2.05, 4.69) is 9.97 Å². The second-order valence-electron chi connectivity index (χ2n) is 7.06. The van der Waals surface area contributed by atoms with Crippen LogP contribution in [0.2, 0.25) is 0 Å². The van der Waals surface area contributed by atoms with Crippen LogP contribution < -0.4 is 5.73 Å². The minimum absolute atomic E-state index is 0.357. The highest BCUT2D eigenvalue weighted by Crippen LogP contribution is 2.30. The van der Waals surface area contributed by atoms with E-state index in [-0.39, 0.29) is 0 Å². The molecule has 0 bridgehead atoms. The molecule has 7 nitrogen and oxygen atoms in total. The third-order valence-electron chi connectivity index (χ3n) is 4.62. The summed E-state index contributed by atoms with van der Waals surface area (Å²) < 4.78 is 7.68. The maximum atomic E-state index is 10.2. The Labute approximate surface area is 156 Å². The normalized spacial score (nSPS) is 12.3. The summed E-state index contributed by atoms with van der Waals surface area (Å²) in [7, 11) is 0. The topological polar surface area (TPSA) is 101 Å². The van der Waals surface area contributed by atoms with Crippen LogP contribution in [0.4, 0.5) is 0 Å². The van der Waals surface area contributed by atoms with Gasteiger partial charge in [-0.15, -0.1) is 0 Å². The lowest BCUT2D eigenvalue weighted by Gasteiger charge is -2.17. The van der Waals surface area contributed by atoms with Gasteiger partial charge in [0.2, 0.25) is 0 Å². The lowest BCUT2D eigenvalue weighted by Crippen LogP contribution is -2.14. The number of nitrogens with two attached hydrogens (primary N) is 1. The average Bonchev–Trinajstić information content (AvgIpc) is 3.28. The first kappa shape index (κ1) is 17.7. The van der Waals surface area contributed by atoms with Crippen molar-refractivity contribution in [2.45, 2.75) is 26.1 Å². The van der Waals surface area contributed by atoms with Crippen LogP contribution >= 0.6 is 0 Å². The number of nitrogens with one attached hydrogen (secondary N) is 1. The summed E-state index contributed by atoms with van der Waals surface area (Å²) in [5, 5.41) is 10.2.